The summed E-state index contributed by atoms with van der Waals surface area (Å²) < 4.78 is 0. The highest BCUT2D eigenvalue weighted by molar-refractivity contribution is 6.07. The standard InChI is InChI=1S/C33H23N3O2/c34-20-22-16-18-25(19-17-22)29-32(37)27(24-12-6-2-7-13-24)28-30(35-29)31(26-14-8-3-9-15-26)36(33(28)38)21-23-10-4-1-5-11-23/h1-19,31,37H,21H2. The van der Waals surface area contributed by atoms with Gasteiger partial charge in [-0.25, -0.2) is 4.98 Å². The van der Waals surface area contributed by atoms with E-state index in [1.807, 2.05) is 95.9 Å². The van der Waals surface area contributed by atoms with Gasteiger partial charge in [0.25, 0.3) is 5.91 Å². The topological polar surface area (TPSA) is 77.2 Å². The Kier molecular flexibility index (Phi) is 5.91. The average molecular weight is 494 g/mol. The van der Waals surface area contributed by atoms with Crippen LogP contribution < -0.4 is 0 Å². The van der Waals surface area contributed by atoms with Gasteiger partial charge in [-0.15, -0.1) is 0 Å². The lowest BCUT2D eigenvalue weighted by Crippen LogP contribution is -2.28. The van der Waals surface area contributed by atoms with E-state index in [1.54, 1.807) is 24.3 Å². The molecule has 1 atom stereocenters. The summed E-state index contributed by atoms with van der Waals surface area (Å²) in [6.45, 7) is 0.400. The van der Waals surface area contributed by atoms with Crippen LogP contribution in [0.5, 0.6) is 5.75 Å². The number of nitriles is 1. The van der Waals surface area contributed by atoms with Crippen LogP contribution in [0, 0.1) is 11.3 Å². The van der Waals surface area contributed by atoms with Crippen LogP contribution in [0.25, 0.3) is 22.4 Å². The summed E-state index contributed by atoms with van der Waals surface area (Å²) in [7, 11) is 0. The molecule has 5 heteroatoms. The molecule has 1 unspecified atom stereocenters. The maximum atomic E-state index is 14.2. The number of hydrogen-bond donors (Lipinski definition) is 1. The van der Waals surface area contributed by atoms with Crippen LogP contribution >= 0.6 is 0 Å². The number of hydrogen-bond acceptors (Lipinski definition) is 4. The minimum absolute atomic E-state index is 0.0543. The number of fused-ring (bicyclic) bond motifs is 1. The number of benzene rings is 4. The number of carbonyl (C=O) groups excluding carboxylic acids is 1. The van der Waals surface area contributed by atoms with Gasteiger partial charge in [-0.3, -0.25) is 4.79 Å². The molecule has 5 nitrogen and oxygen atoms in total. The zero-order valence-electron chi connectivity index (χ0n) is 20.5. The highest BCUT2D eigenvalue weighted by Gasteiger charge is 2.42. The molecule has 182 valence electrons. The Morgan fingerprint density at radius 3 is 2.00 bits per heavy atom. The number of pyridine rings is 1. The summed E-state index contributed by atoms with van der Waals surface area (Å²) in [5.41, 5.74) is 5.74. The van der Waals surface area contributed by atoms with Gasteiger partial charge in [-0.05, 0) is 28.8 Å². The van der Waals surface area contributed by atoms with Crippen LogP contribution in [0.4, 0.5) is 0 Å². The minimum atomic E-state index is -0.431. The first-order valence-corrected chi connectivity index (χ1v) is 12.4. The van der Waals surface area contributed by atoms with E-state index in [1.165, 1.54) is 0 Å². The lowest BCUT2D eigenvalue weighted by Gasteiger charge is -2.25. The largest absolute Gasteiger partial charge is 0.505 e. The summed E-state index contributed by atoms with van der Waals surface area (Å²) in [5.74, 6) is -0.230. The third-order valence-electron chi connectivity index (χ3n) is 6.91. The van der Waals surface area contributed by atoms with Crippen LogP contribution in [-0.4, -0.2) is 20.9 Å². The van der Waals surface area contributed by atoms with Crippen molar-refractivity contribution in [2.24, 2.45) is 0 Å². The van der Waals surface area contributed by atoms with Gasteiger partial charge in [0.05, 0.1) is 22.9 Å². The van der Waals surface area contributed by atoms with Gasteiger partial charge < -0.3 is 10.0 Å². The molecule has 6 rings (SSSR count). The molecule has 38 heavy (non-hydrogen) atoms. The Morgan fingerprint density at radius 1 is 0.763 bits per heavy atom. The zero-order valence-corrected chi connectivity index (χ0v) is 20.5. The van der Waals surface area contributed by atoms with E-state index >= 15 is 0 Å². The van der Waals surface area contributed by atoms with E-state index < -0.39 is 6.04 Å². The lowest BCUT2D eigenvalue weighted by atomic mass is 9.93. The molecule has 1 N–H and O–H groups in total. The summed E-state index contributed by atoms with van der Waals surface area (Å²) >= 11 is 0. The molecule has 0 spiro atoms. The van der Waals surface area contributed by atoms with Crippen molar-refractivity contribution >= 4 is 5.91 Å². The molecule has 1 aromatic heterocycles. The van der Waals surface area contributed by atoms with Gasteiger partial charge in [0.1, 0.15) is 11.7 Å². The number of carbonyl (C=O) groups is 1. The number of amides is 1. The number of rotatable bonds is 5. The Hall–Kier alpha value is -5.21. The molecule has 1 amide bonds. The fourth-order valence-electron chi connectivity index (χ4n) is 5.12. The summed E-state index contributed by atoms with van der Waals surface area (Å²) in [6.07, 6.45) is 0. The highest BCUT2D eigenvalue weighted by atomic mass is 16.3. The van der Waals surface area contributed by atoms with Crippen molar-refractivity contribution in [3.8, 4) is 34.2 Å². The van der Waals surface area contributed by atoms with Crippen LogP contribution in [-0.2, 0) is 6.54 Å². The second kappa shape index (κ2) is 9.68. The Morgan fingerprint density at radius 2 is 1.37 bits per heavy atom. The van der Waals surface area contributed by atoms with E-state index in [4.69, 9.17) is 4.98 Å². The molecule has 0 bridgehead atoms. The first-order valence-electron chi connectivity index (χ1n) is 12.4. The summed E-state index contributed by atoms with van der Waals surface area (Å²) in [4.78, 5) is 21.0. The van der Waals surface area contributed by atoms with Gasteiger partial charge in [-0.1, -0.05) is 103 Å². The Balaban J connectivity index is 1.62. The number of nitrogens with zero attached hydrogens (tertiary/aromatic N) is 3. The predicted octanol–water partition coefficient (Wildman–Crippen LogP) is 6.74. The van der Waals surface area contributed by atoms with Crippen molar-refractivity contribution in [2.45, 2.75) is 12.6 Å². The lowest BCUT2D eigenvalue weighted by molar-refractivity contribution is 0.0735. The Bertz CT molecular complexity index is 1660. The molecule has 1 aliphatic rings. The second-order valence-electron chi connectivity index (χ2n) is 9.23. The third kappa shape index (κ3) is 3.99. The van der Waals surface area contributed by atoms with Gasteiger partial charge >= 0.3 is 0 Å². The molecule has 0 fully saturated rings. The van der Waals surface area contributed by atoms with E-state index in [2.05, 4.69) is 6.07 Å². The van der Waals surface area contributed by atoms with Crippen molar-refractivity contribution in [1.29, 1.82) is 5.26 Å². The van der Waals surface area contributed by atoms with E-state index in [0.717, 1.165) is 16.7 Å². The maximum Gasteiger partial charge on any atom is 0.257 e. The first-order chi connectivity index (χ1) is 18.7. The quantitative estimate of drug-likeness (QED) is 0.294. The second-order valence-corrected chi connectivity index (χ2v) is 9.23. The molecule has 2 heterocycles. The van der Waals surface area contributed by atoms with Crippen molar-refractivity contribution in [3.63, 3.8) is 0 Å². The third-order valence-corrected chi connectivity index (χ3v) is 6.91. The maximum absolute atomic E-state index is 14.2. The first kappa shape index (κ1) is 23.2. The minimum Gasteiger partial charge on any atom is -0.505 e. The molecule has 5 aromatic rings. The molecule has 1 aliphatic heterocycles. The van der Waals surface area contributed by atoms with E-state index in [-0.39, 0.29) is 11.7 Å². The molecular formula is C33H23N3O2. The monoisotopic (exact) mass is 493 g/mol. The molecule has 0 radical (unpaired) electrons. The van der Waals surface area contributed by atoms with Crippen molar-refractivity contribution in [3.05, 3.63) is 143 Å². The van der Waals surface area contributed by atoms with E-state index in [0.29, 0.717) is 40.2 Å². The average Bonchev–Trinajstić information content (AvgIpc) is 3.24. The smallest absolute Gasteiger partial charge is 0.257 e. The van der Waals surface area contributed by atoms with Crippen LogP contribution in [0.2, 0.25) is 0 Å². The summed E-state index contributed by atoms with van der Waals surface area (Å²) in [5, 5.41) is 20.9. The van der Waals surface area contributed by atoms with Gasteiger partial charge in [0, 0.05) is 17.7 Å². The zero-order chi connectivity index (χ0) is 26.1. The van der Waals surface area contributed by atoms with E-state index in [9.17, 15) is 15.2 Å². The van der Waals surface area contributed by atoms with Crippen molar-refractivity contribution < 1.29 is 9.90 Å². The molecule has 4 aromatic carbocycles. The SMILES string of the molecule is N#Cc1ccc(-c2nc3c(c(-c4ccccc4)c2O)C(=O)N(Cc2ccccc2)C3c2ccccc2)cc1. The van der Waals surface area contributed by atoms with Crippen molar-refractivity contribution in [2.75, 3.05) is 0 Å². The number of aromatic hydroxyl groups is 1. The summed E-state index contributed by atoms with van der Waals surface area (Å²) in [6, 6.07) is 37.9. The van der Waals surface area contributed by atoms with Crippen molar-refractivity contribution in [1.82, 2.24) is 9.88 Å². The van der Waals surface area contributed by atoms with Gasteiger partial charge in [0.2, 0.25) is 0 Å². The molecule has 0 saturated heterocycles. The van der Waals surface area contributed by atoms with Crippen LogP contribution in [0.15, 0.2) is 115 Å². The fourth-order valence-corrected chi connectivity index (χ4v) is 5.12. The van der Waals surface area contributed by atoms with Crippen LogP contribution in [0.3, 0.4) is 0 Å². The molecular weight excluding hydrogens is 470 g/mol. The van der Waals surface area contributed by atoms with Crippen LogP contribution in [0.1, 0.15) is 38.8 Å². The molecule has 0 aliphatic carbocycles. The van der Waals surface area contributed by atoms with Gasteiger partial charge in [0.15, 0.2) is 5.75 Å². The van der Waals surface area contributed by atoms with Gasteiger partial charge in [-0.2, -0.15) is 5.26 Å². The number of aromatic nitrogens is 1. The highest BCUT2D eigenvalue weighted by Crippen LogP contribution is 2.48. The normalized spacial score (nSPS) is 14.2. The Labute approximate surface area is 220 Å². The fraction of sp³-hybridized carbons (Fsp3) is 0.0606. The predicted molar refractivity (Wildman–Crippen MR) is 146 cm³/mol. The molecule has 0 saturated carbocycles.